The molecule has 140 valence electrons. The van der Waals surface area contributed by atoms with Crippen LogP contribution in [0.1, 0.15) is 0 Å². The number of hydrogen-bond acceptors (Lipinski definition) is 3. The molecule has 0 amide bonds. The second kappa shape index (κ2) is 6.90. The minimum atomic E-state index is -8.29. The summed E-state index contributed by atoms with van der Waals surface area (Å²) in [4.78, 5) is 0. The molecule has 0 aliphatic heterocycles. The summed E-state index contributed by atoms with van der Waals surface area (Å²) >= 11 is 0. The average Bonchev–Trinajstić information content (AvgIpc) is 2.24. The van der Waals surface area contributed by atoms with E-state index in [2.05, 4.69) is 0 Å². The zero-order chi connectivity index (χ0) is 19.5. The van der Waals surface area contributed by atoms with Gasteiger partial charge in [0.15, 0.2) is 10.1 Å². The van der Waals surface area contributed by atoms with E-state index in [1.54, 1.807) is 0 Å². The van der Waals surface area contributed by atoms with Crippen LogP contribution in [0.25, 0.3) is 0 Å². The summed E-state index contributed by atoms with van der Waals surface area (Å²) in [5, 5.41) is -7.63. The third kappa shape index (κ3) is 3.70. The Balaban J connectivity index is 0. The van der Waals surface area contributed by atoms with E-state index < -0.39 is 45.2 Å². The van der Waals surface area contributed by atoms with Gasteiger partial charge in [0, 0.05) is 0 Å². The fourth-order valence-corrected chi connectivity index (χ4v) is 1.35. The van der Waals surface area contributed by atoms with E-state index in [9.17, 15) is 70.0 Å². The molecule has 0 spiro atoms. The Morgan fingerprint density at radius 1 is 0.542 bits per heavy atom. The van der Waals surface area contributed by atoms with Crippen molar-refractivity contribution >= 4 is 10.1 Å². The number of alkyl halides is 13. The summed E-state index contributed by atoms with van der Waals surface area (Å²) in [6.45, 7) is 0. The SMILES string of the molecule is O=S(=O)([O-])C(F)(F)C(F)(F)C(F)(F)C(F)(F)C(F)(F)C(F)(F)F.[Cs+]. The topological polar surface area (TPSA) is 57.2 Å². The van der Waals surface area contributed by atoms with Gasteiger partial charge in [0.25, 0.3) is 0 Å². The Morgan fingerprint density at radius 3 is 1.00 bits per heavy atom. The Kier molecular flexibility index (Phi) is 7.84. The molecule has 0 aliphatic carbocycles. The molecule has 0 N–H and O–H groups in total. The molecular formula is C6CsF13O3S. The normalized spacial score (nSPS) is 15.9. The molecule has 0 radical (unpaired) electrons. The number of halogens is 13. The van der Waals surface area contributed by atoms with E-state index in [-0.39, 0.29) is 68.9 Å². The van der Waals surface area contributed by atoms with Crippen LogP contribution in [-0.2, 0) is 10.1 Å². The van der Waals surface area contributed by atoms with Crippen molar-refractivity contribution in [2.24, 2.45) is 0 Å². The quantitative estimate of drug-likeness (QED) is 0.377. The molecule has 0 aromatic heterocycles. The molecule has 0 saturated heterocycles. The van der Waals surface area contributed by atoms with Gasteiger partial charge >= 0.3 is 104 Å². The van der Waals surface area contributed by atoms with Crippen LogP contribution in [0.3, 0.4) is 0 Å². The Morgan fingerprint density at radius 2 is 0.792 bits per heavy atom. The third-order valence-corrected chi connectivity index (χ3v) is 3.10. The van der Waals surface area contributed by atoms with Gasteiger partial charge in [0.1, 0.15) is 0 Å². The van der Waals surface area contributed by atoms with Crippen molar-refractivity contribution in [3.63, 3.8) is 0 Å². The van der Waals surface area contributed by atoms with Crippen molar-refractivity contribution in [2.45, 2.75) is 35.1 Å². The molecule has 0 unspecified atom stereocenters. The molecule has 0 bridgehead atoms. The van der Waals surface area contributed by atoms with Crippen molar-refractivity contribution in [2.75, 3.05) is 0 Å². The molecular weight excluding hydrogens is 532 g/mol. The Hall–Kier alpha value is 1.05. The largest absolute Gasteiger partial charge is 1.00 e. The van der Waals surface area contributed by atoms with Gasteiger partial charge in [0.05, 0.1) is 0 Å². The maximum absolute atomic E-state index is 12.7. The van der Waals surface area contributed by atoms with Crippen LogP contribution < -0.4 is 68.9 Å². The summed E-state index contributed by atoms with van der Waals surface area (Å²) in [7, 11) is -7.86. The van der Waals surface area contributed by atoms with Crippen molar-refractivity contribution in [3.05, 3.63) is 0 Å². The first-order valence-electron chi connectivity index (χ1n) is 4.41. The predicted octanol–water partition coefficient (Wildman–Crippen LogP) is 0.232. The average molecular weight is 532 g/mol. The van der Waals surface area contributed by atoms with Gasteiger partial charge < -0.3 is 4.55 Å². The second-order valence-corrected chi connectivity index (χ2v) is 5.19. The second-order valence-electron chi connectivity index (χ2n) is 3.77. The summed E-state index contributed by atoms with van der Waals surface area (Å²) in [6, 6.07) is 0. The molecule has 0 heterocycles. The van der Waals surface area contributed by atoms with Gasteiger partial charge in [-0.05, 0) is 0 Å². The van der Waals surface area contributed by atoms with Crippen molar-refractivity contribution in [1.82, 2.24) is 0 Å². The number of hydrogen-bond donors (Lipinski definition) is 0. The zero-order valence-electron chi connectivity index (χ0n) is 10.5. The van der Waals surface area contributed by atoms with E-state index in [4.69, 9.17) is 0 Å². The van der Waals surface area contributed by atoms with Crippen LogP contribution in [0.15, 0.2) is 0 Å². The van der Waals surface area contributed by atoms with Gasteiger partial charge in [0.2, 0.25) is 0 Å². The van der Waals surface area contributed by atoms with Gasteiger partial charge in [-0.1, -0.05) is 0 Å². The molecule has 18 heteroatoms. The summed E-state index contributed by atoms with van der Waals surface area (Å²) in [5.41, 5.74) is 0. The summed E-state index contributed by atoms with van der Waals surface area (Å²) in [6.07, 6.45) is -7.61. The van der Waals surface area contributed by atoms with Gasteiger partial charge in [-0.3, -0.25) is 0 Å². The van der Waals surface area contributed by atoms with Crippen molar-refractivity contribution in [1.29, 1.82) is 0 Å². The summed E-state index contributed by atoms with van der Waals surface area (Å²) in [5.74, 6) is -32.6. The fraction of sp³-hybridized carbons (Fsp3) is 1.00. The Bertz CT molecular complexity index is 565. The minimum Gasteiger partial charge on any atom is -0.743 e. The molecule has 0 atom stereocenters. The van der Waals surface area contributed by atoms with Crippen LogP contribution in [0.5, 0.6) is 0 Å². The van der Waals surface area contributed by atoms with Crippen LogP contribution in [-0.4, -0.2) is 48.1 Å². The van der Waals surface area contributed by atoms with Crippen molar-refractivity contribution in [3.8, 4) is 0 Å². The molecule has 0 saturated carbocycles. The molecule has 0 rings (SSSR count). The van der Waals surface area contributed by atoms with Gasteiger partial charge in [-0.15, -0.1) is 0 Å². The van der Waals surface area contributed by atoms with E-state index in [1.807, 2.05) is 0 Å². The third-order valence-electron chi connectivity index (χ3n) is 2.22. The Labute approximate surface area is 182 Å². The first-order valence-corrected chi connectivity index (χ1v) is 5.82. The van der Waals surface area contributed by atoms with Crippen LogP contribution >= 0.6 is 0 Å². The van der Waals surface area contributed by atoms with Crippen molar-refractivity contribution < 1.29 is 139 Å². The van der Waals surface area contributed by atoms with E-state index in [0.29, 0.717) is 0 Å². The molecule has 0 aromatic carbocycles. The number of rotatable bonds is 5. The van der Waals surface area contributed by atoms with Crippen LogP contribution in [0, 0.1) is 0 Å². The fourth-order valence-electron chi connectivity index (χ4n) is 0.912. The van der Waals surface area contributed by atoms with Gasteiger partial charge in [-0.25, -0.2) is 8.42 Å². The molecule has 24 heavy (non-hydrogen) atoms. The minimum absolute atomic E-state index is 0. The van der Waals surface area contributed by atoms with Gasteiger partial charge in [-0.2, -0.15) is 57.1 Å². The van der Waals surface area contributed by atoms with E-state index in [1.165, 1.54) is 0 Å². The smallest absolute Gasteiger partial charge is 0.743 e. The van der Waals surface area contributed by atoms with Crippen LogP contribution in [0.4, 0.5) is 57.1 Å². The zero-order valence-corrected chi connectivity index (χ0v) is 17.6. The first-order chi connectivity index (χ1) is 9.50. The predicted molar refractivity (Wildman–Crippen MR) is 40.5 cm³/mol. The van der Waals surface area contributed by atoms with E-state index in [0.717, 1.165) is 0 Å². The first kappa shape index (κ1) is 27.3. The monoisotopic (exact) mass is 532 g/mol. The molecule has 0 aromatic rings. The standard InChI is InChI=1S/C6HF13O3S.Cs/c7-1(8,3(11,12)5(15,16)17)2(9,10)4(13,14)6(18,19)23(20,21)22;/h(H,20,21,22);/q;+1/p-1. The molecule has 3 nitrogen and oxygen atoms in total. The maximum Gasteiger partial charge on any atom is 1.00 e. The molecule has 0 fully saturated rings. The maximum atomic E-state index is 12.7. The van der Waals surface area contributed by atoms with E-state index >= 15 is 0 Å². The van der Waals surface area contributed by atoms with Crippen LogP contribution in [0.2, 0.25) is 0 Å². The summed E-state index contributed by atoms with van der Waals surface area (Å²) < 4.78 is 189. The molecule has 0 aliphatic rings.